The van der Waals surface area contributed by atoms with E-state index in [9.17, 15) is 19.5 Å². The molecule has 2 amide bonds. The molecule has 1 heterocycles. The Labute approximate surface area is 185 Å². The SMILES string of the molecule is Cc1sc(NC(=O)[C@H]2[C@@H](C(=O)O)[C@H]3C=C[C@@H]2C3)c(C(N)=O)c1-c1ccc(C(C)C)cc1. The topological polar surface area (TPSA) is 109 Å². The summed E-state index contributed by atoms with van der Waals surface area (Å²) in [6.45, 7) is 6.12. The molecule has 7 heteroatoms. The number of anilines is 1. The van der Waals surface area contributed by atoms with Crippen LogP contribution in [-0.4, -0.2) is 22.9 Å². The molecule has 0 radical (unpaired) electrons. The number of nitrogens with two attached hydrogens (primary N) is 1. The van der Waals surface area contributed by atoms with Crippen LogP contribution in [0, 0.1) is 30.6 Å². The Morgan fingerprint density at radius 2 is 1.71 bits per heavy atom. The third-order valence-electron chi connectivity index (χ3n) is 6.48. The maximum absolute atomic E-state index is 13.1. The lowest BCUT2D eigenvalue weighted by Crippen LogP contribution is -2.36. The zero-order valence-electron chi connectivity index (χ0n) is 17.7. The smallest absolute Gasteiger partial charge is 0.307 e. The van der Waals surface area contributed by atoms with Gasteiger partial charge in [0.1, 0.15) is 5.00 Å². The number of aliphatic carboxylic acids is 1. The molecule has 162 valence electrons. The van der Waals surface area contributed by atoms with Crippen molar-refractivity contribution in [3.8, 4) is 11.1 Å². The number of hydrogen-bond acceptors (Lipinski definition) is 4. The van der Waals surface area contributed by atoms with E-state index in [1.165, 1.54) is 16.9 Å². The van der Waals surface area contributed by atoms with Crippen molar-refractivity contribution in [1.29, 1.82) is 0 Å². The molecule has 1 saturated carbocycles. The normalized spacial score (nSPS) is 24.0. The highest BCUT2D eigenvalue weighted by atomic mass is 32.1. The first kappa shape index (κ1) is 21.3. The van der Waals surface area contributed by atoms with Gasteiger partial charge in [-0.15, -0.1) is 11.3 Å². The van der Waals surface area contributed by atoms with Crippen molar-refractivity contribution in [2.24, 2.45) is 29.4 Å². The molecular formula is C24H26N2O4S. The number of fused-ring (bicyclic) bond motifs is 2. The van der Waals surface area contributed by atoms with E-state index >= 15 is 0 Å². The van der Waals surface area contributed by atoms with E-state index in [2.05, 4.69) is 19.2 Å². The van der Waals surface area contributed by atoms with Crippen molar-refractivity contribution < 1.29 is 19.5 Å². The third kappa shape index (κ3) is 3.67. The molecular weight excluding hydrogens is 412 g/mol. The average Bonchev–Trinajstić information content (AvgIpc) is 3.40. The number of carboxylic acid groups (broad SMARTS) is 1. The number of nitrogens with one attached hydrogen (secondary N) is 1. The van der Waals surface area contributed by atoms with Crippen LogP contribution in [0.25, 0.3) is 11.1 Å². The Bertz CT molecular complexity index is 1080. The summed E-state index contributed by atoms with van der Waals surface area (Å²) in [5.74, 6) is -3.15. The molecule has 1 aromatic carbocycles. The predicted molar refractivity (Wildman–Crippen MR) is 121 cm³/mol. The quantitative estimate of drug-likeness (QED) is 0.580. The van der Waals surface area contributed by atoms with E-state index < -0.39 is 23.7 Å². The lowest BCUT2D eigenvalue weighted by molar-refractivity contribution is -0.146. The number of carbonyl (C=O) groups is 3. The maximum atomic E-state index is 13.1. The first-order valence-electron chi connectivity index (χ1n) is 10.4. The molecule has 2 aromatic rings. The van der Waals surface area contributed by atoms with Gasteiger partial charge in [0.15, 0.2) is 0 Å². The molecule has 2 aliphatic rings. The highest BCUT2D eigenvalue weighted by Gasteiger charge is 2.51. The fraction of sp³-hybridized carbons (Fsp3) is 0.375. The minimum absolute atomic E-state index is 0.0905. The predicted octanol–water partition coefficient (Wildman–Crippen LogP) is 4.41. The molecule has 4 rings (SSSR count). The number of hydrogen-bond donors (Lipinski definition) is 3. The Kier molecular flexibility index (Phi) is 5.47. The minimum Gasteiger partial charge on any atom is -0.481 e. The second-order valence-electron chi connectivity index (χ2n) is 8.71. The van der Waals surface area contributed by atoms with Crippen LogP contribution >= 0.6 is 11.3 Å². The van der Waals surface area contributed by atoms with Crippen molar-refractivity contribution in [2.45, 2.75) is 33.1 Å². The van der Waals surface area contributed by atoms with Gasteiger partial charge in [-0.2, -0.15) is 0 Å². The number of amides is 2. The monoisotopic (exact) mass is 438 g/mol. The Hall–Kier alpha value is -2.93. The molecule has 2 aliphatic carbocycles. The molecule has 1 aromatic heterocycles. The summed E-state index contributed by atoms with van der Waals surface area (Å²) in [6, 6.07) is 7.98. The molecule has 1 fully saturated rings. The van der Waals surface area contributed by atoms with Gasteiger partial charge in [-0.05, 0) is 42.2 Å². The van der Waals surface area contributed by atoms with Crippen molar-refractivity contribution in [1.82, 2.24) is 0 Å². The number of allylic oxidation sites excluding steroid dienone is 2. The first-order valence-corrected chi connectivity index (χ1v) is 11.3. The number of rotatable bonds is 6. The van der Waals surface area contributed by atoms with Crippen molar-refractivity contribution in [3.63, 3.8) is 0 Å². The van der Waals surface area contributed by atoms with Gasteiger partial charge in [-0.1, -0.05) is 50.3 Å². The largest absolute Gasteiger partial charge is 0.481 e. The van der Waals surface area contributed by atoms with Gasteiger partial charge in [0.25, 0.3) is 5.91 Å². The molecule has 0 unspecified atom stereocenters. The van der Waals surface area contributed by atoms with Crippen LogP contribution < -0.4 is 11.1 Å². The summed E-state index contributed by atoms with van der Waals surface area (Å²) in [4.78, 5) is 38.1. The fourth-order valence-corrected chi connectivity index (χ4v) is 6.05. The van der Waals surface area contributed by atoms with Crippen LogP contribution in [0.3, 0.4) is 0 Å². The van der Waals surface area contributed by atoms with Gasteiger partial charge in [-0.25, -0.2) is 0 Å². The third-order valence-corrected chi connectivity index (χ3v) is 7.50. The summed E-state index contributed by atoms with van der Waals surface area (Å²) < 4.78 is 0. The van der Waals surface area contributed by atoms with Gasteiger partial charge in [-0.3, -0.25) is 14.4 Å². The van der Waals surface area contributed by atoms with Crippen LogP contribution in [-0.2, 0) is 9.59 Å². The van der Waals surface area contributed by atoms with Gasteiger partial charge in [0, 0.05) is 10.4 Å². The maximum Gasteiger partial charge on any atom is 0.307 e. The summed E-state index contributed by atoms with van der Waals surface area (Å²) >= 11 is 1.29. The molecule has 0 saturated heterocycles. The van der Waals surface area contributed by atoms with E-state index in [-0.39, 0.29) is 23.3 Å². The van der Waals surface area contributed by atoms with Crippen LogP contribution in [0.5, 0.6) is 0 Å². The molecule has 31 heavy (non-hydrogen) atoms. The lowest BCUT2D eigenvalue weighted by atomic mass is 9.82. The number of primary amides is 1. The molecule has 4 atom stereocenters. The van der Waals surface area contributed by atoms with Crippen molar-refractivity contribution in [3.05, 3.63) is 52.4 Å². The number of benzene rings is 1. The van der Waals surface area contributed by atoms with E-state index in [0.717, 1.165) is 10.4 Å². The van der Waals surface area contributed by atoms with E-state index in [1.807, 2.05) is 43.3 Å². The second-order valence-corrected chi connectivity index (χ2v) is 9.93. The summed E-state index contributed by atoms with van der Waals surface area (Å²) in [5.41, 5.74) is 8.76. The lowest BCUT2D eigenvalue weighted by Gasteiger charge is -2.23. The van der Waals surface area contributed by atoms with Crippen LogP contribution in [0.2, 0.25) is 0 Å². The minimum atomic E-state index is -0.958. The average molecular weight is 439 g/mol. The Morgan fingerprint density at radius 3 is 2.26 bits per heavy atom. The van der Waals surface area contributed by atoms with E-state index in [4.69, 9.17) is 5.73 Å². The fourth-order valence-electron chi connectivity index (χ4n) is 4.96. The van der Waals surface area contributed by atoms with Crippen LogP contribution in [0.1, 0.15) is 47.0 Å². The summed E-state index contributed by atoms with van der Waals surface area (Å²) in [7, 11) is 0. The first-order chi connectivity index (χ1) is 14.7. The molecule has 2 bridgehead atoms. The molecule has 4 N–H and O–H groups in total. The van der Waals surface area contributed by atoms with Gasteiger partial charge in [0.05, 0.1) is 17.4 Å². The van der Waals surface area contributed by atoms with Crippen LogP contribution in [0.15, 0.2) is 36.4 Å². The second kappa shape index (κ2) is 7.96. The Morgan fingerprint density at radius 1 is 1.10 bits per heavy atom. The van der Waals surface area contributed by atoms with Crippen LogP contribution in [0.4, 0.5) is 5.00 Å². The zero-order valence-corrected chi connectivity index (χ0v) is 18.5. The van der Waals surface area contributed by atoms with Crippen molar-refractivity contribution >= 4 is 34.1 Å². The number of aryl methyl sites for hydroxylation is 1. The van der Waals surface area contributed by atoms with E-state index in [0.29, 0.717) is 22.9 Å². The summed E-state index contributed by atoms with van der Waals surface area (Å²) in [5, 5.41) is 12.9. The number of carboxylic acids is 1. The zero-order chi connectivity index (χ0) is 22.4. The van der Waals surface area contributed by atoms with E-state index in [1.54, 1.807) is 0 Å². The molecule has 0 aliphatic heterocycles. The Balaban J connectivity index is 1.67. The standard InChI is InChI=1S/C24H26N2O4S/c1-11(2)13-4-6-14(7-5-13)17-12(3)31-23(20(17)21(25)27)26-22(28)18-15-8-9-16(10-15)19(18)24(29)30/h4-9,11,15-16,18-19H,10H2,1-3H3,(H2,25,27)(H,26,28)(H,29,30)/t15-,16+,18-,19+/m1/s1. The molecule has 6 nitrogen and oxygen atoms in total. The number of thiophene rings is 1. The summed E-state index contributed by atoms with van der Waals surface area (Å²) in [6.07, 6.45) is 4.51. The number of carbonyl (C=O) groups excluding carboxylic acids is 2. The highest BCUT2D eigenvalue weighted by Crippen LogP contribution is 2.49. The van der Waals surface area contributed by atoms with Crippen molar-refractivity contribution in [2.75, 3.05) is 5.32 Å². The molecule has 0 spiro atoms. The highest BCUT2D eigenvalue weighted by molar-refractivity contribution is 7.17. The van der Waals surface area contributed by atoms with Gasteiger partial charge >= 0.3 is 5.97 Å². The van der Waals surface area contributed by atoms with Gasteiger partial charge in [0.2, 0.25) is 5.91 Å². The van der Waals surface area contributed by atoms with Gasteiger partial charge < -0.3 is 16.2 Å².